The van der Waals surface area contributed by atoms with Gasteiger partial charge in [0.25, 0.3) is 0 Å². The molecule has 0 aromatic rings. The molecule has 1 heterocycles. The molecule has 0 bridgehead atoms. The fourth-order valence-electron chi connectivity index (χ4n) is 2.93. The molecule has 22 heavy (non-hydrogen) atoms. The second kappa shape index (κ2) is 9.60. The molecular weight excluding hydrogens is 446 g/mol. The Bertz CT molecular complexity index is 473. The van der Waals surface area contributed by atoms with Gasteiger partial charge >= 0.3 is 145 Å². The van der Waals surface area contributed by atoms with Crippen molar-refractivity contribution in [2.24, 2.45) is 0 Å². The summed E-state index contributed by atoms with van der Waals surface area (Å²) in [7, 11) is 0. The van der Waals surface area contributed by atoms with E-state index < -0.39 is 0 Å². The molecule has 2 aliphatic rings. The fourth-order valence-corrected chi connectivity index (χ4v) is 3.93. The topological polar surface area (TPSA) is 21.7 Å². The average molecular weight is 473 g/mol. The Balaban J connectivity index is 2.27. The molecule has 0 N–H and O–H groups in total. The number of nitrogens with zero attached hydrogens (tertiary/aromatic N) is 1. The van der Waals surface area contributed by atoms with Gasteiger partial charge in [0.2, 0.25) is 0 Å². The van der Waals surface area contributed by atoms with Crippen molar-refractivity contribution in [2.75, 3.05) is 32.9 Å². The van der Waals surface area contributed by atoms with Crippen LogP contribution >= 0.6 is 0 Å². The van der Waals surface area contributed by atoms with E-state index in [9.17, 15) is 0 Å². The zero-order valence-corrected chi connectivity index (χ0v) is 16.7. The molecule has 0 spiro atoms. The monoisotopic (exact) mass is 473 g/mol. The summed E-state index contributed by atoms with van der Waals surface area (Å²) in [5, 5.41) is 0. The zero-order chi connectivity index (χ0) is 15.8. The predicted molar refractivity (Wildman–Crippen MR) is 87.4 cm³/mol. The first-order chi connectivity index (χ1) is 10.8. The van der Waals surface area contributed by atoms with Crippen LogP contribution in [0, 0.1) is 0 Å². The molecule has 0 radical (unpaired) electrons. The van der Waals surface area contributed by atoms with Crippen molar-refractivity contribution in [1.82, 2.24) is 4.90 Å². The number of morpholine rings is 1. The third-order valence-corrected chi connectivity index (χ3v) is 5.28. The Kier molecular flexibility index (Phi) is 7.78. The van der Waals surface area contributed by atoms with Crippen molar-refractivity contribution in [3.05, 3.63) is 35.1 Å². The van der Waals surface area contributed by atoms with E-state index in [4.69, 9.17) is 9.47 Å². The first-order valence-electron chi connectivity index (χ1n) is 8.33. The zero-order valence-electron chi connectivity index (χ0n) is 13.8. The molecule has 0 aromatic carbocycles. The Morgan fingerprint density at radius 1 is 1.36 bits per heavy atom. The van der Waals surface area contributed by atoms with Crippen LogP contribution in [-0.4, -0.2) is 41.9 Å². The molecule has 0 saturated carbocycles. The summed E-state index contributed by atoms with van der Waals surface area (Å²) in [4.78, 5) is 2.37. The summed E-state index contributed by atoms with van der Waals surface area (Å²) in [6, 6.07) is 0. The van der Waals surface area contributed by atoms with Gasteiger partial charge in [0, 0.05) is 0 Å². The van der Waals surface area contributed by atoms with Crippen LogP contribution in [0.4, 0.5) is 0 Å². The summed E-state index contributed by atoms with van der Waals surface area (Å²) in [5.41, 5.74) is 4.13. The molecule has 122 valence electrons. The van der Waals surface area contributed by atoms with Gasteiger partial charge in [0.1, 0.15) is 0 Å². The van der Waals surface area contributed by atoms with Crippen LogP contribution in [0.25, 0.3) is 0 Å². The van der Waals surface area contributed by atoms with Gasteiger partial charge in [0.15, 0.2) is 0 Å². The fraction of sp³-hybridized carbons (Fsp3) is 0.611. The van der Waals surface area contributed by atoms with Crippen LogP contribution in [0.3, 0.4) is 0 Å². The third-order valence-electron chi connectivity index (χ3n) is 4.07. The van der Waals surface area contributed by atoms with Crippen molar-refractivity contribution in [1.29, 1.82) is 0 Å². The minimum absolute atomic E-state index is 0.731. The van der Waals surface area contributed by atoms with Gasteiger partial charge in [-0.2, -0.15) is 0 Å². The van der Waals surface area contributed by atoms with Crippen molar-refractivity contribution >= 4 is 4.08 Å². The van der Waals surface area contributed by atoms with Gasteiger partial charge in [-0.25, -0.2) is 0 Å². The van der Waals surface area contributed by atoms with E-state index in [0.29, 0.717) is 0 Å². The standard InChI is InChI=1S/C18H27NO2.W/c1-3-18(16-8-6-5-7-9-16)17(15-20-4-2)14-19-10-12-21-13-11-19;/h3,8,14H,4-7,9-13H2,1-2H3;/b17-14?,18-3+;. The molecular formula is C18H27NO2W. The molecule has 1 fully saturated rings. The molecule has 0 unspecified atom stereocenters. The van der Waals surface area contributed by atoms with Crippen LogP contribution in [0.1, 0.15) is 39.5 Å². The number of allylic oxidation sites excluding steroid dienone is 3. The van der Waals surface area contributed by atoms with Crippen LogP contribution < -0.4 is 0 Å². The summed E-state index contributed by atoms with van der Waals surface area (Å²) >= 11 is 1.40. The van der Waals surface area contributed by atoms with Gasteiger partial charge in [-0.3, -0.25) is 0 Å². The van der Waals surface area contributed by atoms with Crippen LogP contribution in [0.5, 0.6) is 0 Å². The quantitative estimate of drug-likeness (QED) is 0.553. The summed E-state index contributed by atoms with van der Waals surface area (Å²) in [5.74, 6) is 0. The van der Waals surface area contributed by atoms with E-state index in [1.54, 1.807) is 0 Å². The van der Waals surface area contributed by atoms with Gasteiger partial charge < -0.3 is 0 Å². The van der Waals surface area contributed by atoms with Crippen molar-refractivity contribution in [3.63, 3.8) is 0 Å². The summed E-state index contributed by atoms with van der Waals surface area (Å²) < 4.78 is 12.4. The van der Waals surface area contributed by atoms with Crippen LogP contribution in [0.2, 0.25) is 0 Å². The van der Waals surface area contributed by atoms with Crippen molar-refractivity contribution < 1.29 is 28.8 Å². The van der Waals surface area contributed by atoms with E-state index in [1.165, 1.54) is 61.8 Å². The van der Waals surface area contributed by atoms with Crippen LogP contribution in [-0.2, 0) is 28.8 Å². The minimum atomic E-state index is 0.731. The summed E-state index contributed by atoms with van der Waals surface area (Å²) in [6.45, 7) is 8.51. The molecule has 3 nitrogen and oxygen atoms in total. The first-order valence-corrected chi connectivity index (χ1v) is 9.79. The van der Waals surface area contributed by atoms with Gasteiger partial charge in [-0.1, -0.05) is 0 Å². The van der Waals surface area contributed by atoms with Gasteiger partial charge in [-0.05, 0) is 0 Å². The average Bonchev–Trinajstić information content (AvgIpc) is 2.57. The summed E-state index contributed by atoms with van der Waals surface area (Å²) in [6.07, 6.45) is 12.0. The molecule has 1 saturated heterocycles. The number of ether oxygens (including phenoxy) is 2. The normalized spacial score (nSPS) is 20.8. The maximum absolute atomic E-state index is 5.88. The van der Waals surface area contributed by atoms with E-state index in [0.717, 1.165) is 37.0 Å². The third kappa shape index (κ3) is 5.01. The second-order valence-electron chi connectivity index (χ2n) is 5.59. The Morgan fingerprint density at radius 2 is 2.14 bits per heavy atom. The molecule has 0 amide bonds. The van der Waals surface area contributed by atoms with E-state index >= 15 is 0 Å². The first kappa shape index (κ1) is 17.8. The molecule has 2 rings (SSSR count). The molecule has 1 aliphatic heterocycles. The SMILES string of the molecule is C/C=C(\C1=CCCCC1)C(=CN1CCOCC1)[C](=[W])OCC. The van der Waals surface area contributed by atoms with E-state index in [1.807, 2.05) is 0 Å². The Labute approximate surface area is 145 Å². The van der Waals surface area contributed by atoms with E-state index in [2.05, 4.69) is 37.1 Å². The molecule has 1 aliphatic carbocycles. The number of rotatable bonds is 6. The van der Waals surface area contributed by atoms with Crippen LogP contribution in [0.15, 0.2) is 35.1 Å². The Hall–Kier alpha value is -0.502. The number of hydrogen-bond acceptors (Lipinski definition) is 3. The van der Waals surface area contributed by atoms with E-state index in [-0.39, 0.29) is 0 Å². The van der Waals surface area contributed by atoms with Gasteiger partial charge in [0.05, 0.1) is 0 Å². The van der Waals surface area contributed by atoms with Crippen molar-refractivity contribution in [2.45, 2.75) is 39.5 Å². The molecule has 4 heteroatoms. The van der Waals surface area contributed by atoms with Crippen molar-refractivity contribution in [3.8, 4) is 0 Å². The molecule has 0 atom stereocenters. The second-order valence-corrected chi connectivity index (χ2v) is 6.92. The number of hydrogen-bond donors (Lipinski definition) is 0. The van der Waals surface area contributed by atoms with Gasteiger partial charge in [-0.15, -0.1) is 0 Å². The molecule has 0 aromatic heterocycles. The maximum atomic E-state index is 5.88. The Morgan fingerprint density at radius 3 is 2.73 bits per heavy atom. The predicted octanol–water partition coefficient (Wildman–Crippen LogP) is 3.36.